The van der Waals surface area contributed by atoms with E-state index in [2.05, 4.69) is 27.4 Å². The summed E-state index contributed by atoms with van der Waals surface area (Å²) in [4.78, 5) is 10.9. The van der Waals surface area contributed by atoms with Gasteiger partial charge >= 0.3 is 5.97 Å². The molecular weight excluding hydrogens is 224 g/mol. The van der Waals surface area contributed by atoms with Crippen LogP contribution in [0.5, 0.6) is 0 Å². The van der Waals surface area contributed by atoms with Crippen molar-refractivity contribution >= 4 is 5.97 Å². The zero-order valence-electron chi connectivity index (χ0n) is 12.4. The highest BCUT2D eigenvalue weighted by Gasteiger charge is 2.35. The minimum absolute atomic E-state index is 0.00206. The van der Waals surface area contributed by atoms with Crippen molar-refractivity contribution in [3.8, 4) is 0 Å². The minimum Gasteiger partial charge on any atom is -0.463 e. The number of hydrogen-bond donors (Lipinski definition) is 0. The van der Waals surface area contributed by atoms with E-state index in [-0.39, 0.29) is 17.5 Å². The van der Waals surface area contributed by atoms with Crippen LogP contribution in [0.4, 0.5) is 0 Å². The van der Waals surface area contributed by atoms with E-state index in [1.54, 1.807) is 0 Å². The van der Waals surface area contributed by atoms with Crippen LogP contribution < -0.4 is 0 Å². The van der Waals surface area contributed by atoms with E-state index in [0.717, 1.165) is 12.8 Å². The SMILES string of the molecule is C=C(C)C1(C)CCC(C)=C1CCC(C)OC(C)=O. The van der Waals surface area contributed by atoms with Crippen molar-refractivity contribution in [2.45, 2.75) is 66.4 Å². The molecule has 0 amide bonds. The summed E-state index contributed by atoms with van der Waals surface area (Å²) in [5.41, 5.74) is 4.40. The van der Waals surface area contributed by atoms with Gasteiger partial charge in [0.05, 0.1) is 6.10 Å². The Morgan fingerprint density at radius 2 is 2.11 bits per heavy atom. The molecule has 1 aliphatic carbocycles. The Hall–Kier alpha value is -1.05. The molecule has 0 fully saturated rings. The van der Waals surface area contributed by atoms with Crippen LogP contribution in [0.3, 0.4) is 0 Å². The Kier molecular flexibility index (Phi) is 4.78. The van der Waals surface area contributed by atoms with Gasteiger partial charge in [-0.1, -0.05) is 30.2 Å². The smallest absolute Gasteiger partial charge is 0.302 e. The predicted molar refractivity (Wildman–Crippen MR) is 75.3 cm³/mol. The van der Waals surface area contributed by atoms with Gasteiger partial charge in [0, 0.05) is 12.3 Å². The molecule has 0 N–H and O–H groups in total. The van der Waals surface area contributed by atoms with Crippen molar-refractivity contribution in [3.63, 3.8) is 0 Å². The summed E-state index contributed by atoms with van der Waals surface area (Å²) in [5, 5.41) is 0. The quantitative estimate of drug-likeness (QED) is 0.533. The van der Waals surface area contributed by atoms with E-state index in [1.807, 2.05) is 6.92 Å². The number of carbonyl (C=O) groups excluding carboxylic acids is 1. The molecule has 0 heterocycles. The normalized spacial score (nSPS) is 25.2. The molecule has 2 atom stereocenters. The molecule has 0 saturated carbocycles. The lowest BCUT2D eigenvalue weighted by molar-refractivity contribution is -0.145. The van der Waals surface area contributed by atoms with Crippen molar-refractivity contribution < 1.29 is 9.53 Å². The molecular formula is C16H26O2. The fourth-order valence-electron chi connectivity index (χ4n) is 2.86. The molecule has 0 aromatic heterocycles. The second-order valence-corrected chi connectivity index (χ2v) is 5.83. The van der Waals surface area contributed by atoms with Crippen molar-refractivity contribution in [2.24, 2.45) is 5.41 Å². The topological polar surface area (TPSA) is 26.3 Å². The predicted octanol–water partition coefficient (Wildman–Crippen LogP) is 4.41. The zero-order chi connectivity index (χ0) is 13.9. The average molecular weight is 250 g/mol. The molecule has 18 heavy (non-hydrogen) atoms. The summed E-state index contributed by atoms with van der Waals surface area (Å²) in [6.07, 6.45) is 4.24. The van der Waals surface area contributed by atoms with Gasteiger partial charge in [-0.2, -0.15) is 0 Å². The standard InChI is InChI=1S/C16H26O2/c1-11(2)16(6)10-9-12(3)15(16)8-7-13(4)18-14(5)17/h13H,1,7-10H2,2-6H3. The summed E-state index contributed by atoms with van der Waals surface area (Å²) in [6.45, 7) is 14.2. The lowest BCUT2D eigenvalue weighted by Crippen LogP contribution is -2.19. The molecule has 2 unspecified atom stereocenters. The van der Waals surface area contributed by atoms with Crippen LogP contribution in [0, 0.1) is 5.41 Å². The number of esters is 1. The van der Waals surface area contributed by atoms with Gasteiger partial charge in [-0.15, -0.1) is 0 Å². The van der Waals surface area contributed by atoms with Gasteiger partial charge in [-0.05, 0) is 46.5 Å². The number of hydrogen-bond acceptors (Lipinski definition) is 2. The van der Waals surface area contributed by atoms with Crippen molar-refractivity contribution in [2.75, 3.05) is 0 Å². The van der Waals surface area contributed by atoms with E-state index in [4.69, 9.17) is 4.74 Å². The Bertz CT molecular complexity index is 379. The van der Waals surface area contributed by atoms with E-state index in [1.165, 1.54) is 36.5 Å². The minimum atomic E-state index is -0.192. The number of carbonyl (C=O) groups is 1. The first-order valence-electron chi connectivity index (χ1n) is 6.79. The molecule has 2 nitrogen and oxygen atoms in total. The van der Waals surface area contributed by atoms with Crippen LogP contribution in [0.1, 0.15) is 60.3 Å². The highest BCUT2D eigenvalue weighted by Crippen LogP contribution is 2.49. The van der Waals surface area contributed by atoms with Gasteiger partial charge in [0.1, 0.15) is 0 Å². The summed E-state index contributed by atoms with van der Waals surface area (Å²) in [6, 6.07) is 0. The van der Waals surface area contributed by atoms with E-state index in [0.29, 0.717) is 0 Å². The lowest BCUT2D eigenvalue weighted by Gasteiger charge is -2.30. The van der Waals surface area contributed by atoms with Crippen LogP contribution in [-0.2, 0) is 9.53 Å². The second-order valence-electron chi connectivity index (χ2n) is 5.83. The fourth-order valence-corrected chi connectivity index (χ4v) is 2.86. The summed E-state index contributed by atoms with van der Waals surface area (Å²) in [7, 11) is 0. The molecule has 0 aromatic rings. The third kappa shape index (κ3) is 3.24. The van der Waals surface area contributed by atoms with Gasteiger partial charge < -0.3 is 4.74 Å². The van der Waals surface area contributed by atoms with E-state index < -0.39 is 0 Å². The first-order valence-corrected chi connectivity index (χ1v) is 6.79. The molecule has 0 aromatic carbocycles. The van der Waals surface area contributed by atoms with Crippen LogP contribution >= 0.6 is 0 Å². The second kappa shape index (κ2) is 5.73. The van der Waals surface area contributed by atoms with Gasteiger partial charge in [0.15, 0.2) is 0 Å². The van der Waals surface area contributed by atoms with Crippen molar-refractivity contribution in [1.29, 1.82) is 0 Å². The zero-order valence-corrected chi connectivity index (χ0v) is 12.4. The molecule has 0 saturated heterocycles. The van der Waals surface area contributed by atoms with Gasteiger partial charge in [-0.3, -0.25) is 4.79 Å². The number of allylic oxidation sites excluding steroid dienone is 3. The van der Waals surface area contributed by atoms with E-state index >= 15 is 0 Å². The maximum absolute atomic E-state index is 10.9. The average Bonchev–Trinajstić information content (AvgIpc) is 2.53. The molecule has 1 aliphatic rings. The van der Waals surface area contributed by atoms with Gasteiger partial charge in [0.25, 0.3) is 0 Å². The summed E-state index contributed by atoms with van der Waals surface area (Å²) in [5.74, 6) is -0.192. The molecule has 0 spiro atoms. The maximum atomic E-state index is 10.9. The molecule has 0 aliphatic heterocycles. The molecule has 0 bridgehead atoms. The third-order valence-corrected chi connectivity index (χ3v) is 4.29. The van der Waals surface area contributed by atoms with Crippen LogP contribution in [0.2, 0.25) is 0 Å². The molecule has 1 rings (SSSR count). The van der Waals surface area contributed by atoms with Gasteiger partial charge in [-0.25, -0.2) is 0 Å². The molecule has 102 valence electrons. The highest BCUT2D eigenvalue weighted by molar-refractivity contribution is 5.66. The number of rotatable bonds is 5. The molecule has 0 radical (unpaired) electrons. The number of ether oxygens (including phenoxy) is 1. The van der Waals surface area contributed by atoms with Crippen LogP contribution in [-0.4, -0.2) is 12.1 Å². The maximum Gasteiger partial charge on any atom is 0.302 e. The summed E-state index contributed by atoms with van der Waals surface area (Å²) >= 11 is 0. The Morgan fingerprint density at radius 3 is 2.61 bits per heavy atom. The van der Waals surface area contributed by atoms with Gasteiger partial charge in [0.2, 0.25) is 0 Å². The Morgan fingerprint density at radius 1 is 1.50 bits per heavy atom. The van der Waals surface area contributed by atoms with Crippen molar-refractivity contribution in [3.05, 3.63) is 23.3 Å². The Balaban J connectivity index is 2.67. The molecule has 2 heteroatoms. The van der Waals surface area contributed by atoms with Crippen LogP contribution in [0.25, 0.3) is 0 Å². The van der Waals surface area contributed by atoms with Crippen molar-refractivity contribution in [1.82, 2.24) is 0 Å². The lowest BCUT2D eigenvalue weighted by atomic mass is 9.75. The van der Waals surface area contributed by atoms with E-state index in [9.17, 15) is 4.79 Å². The highest BCUT2D eigenvalue weighted by atomic mass is 16.5. The largest absolute Gasteiger partial charge is 0.463 e. The summed E-state index contributed by atoms with van der Waals surface area (Å²) < 4.78 is 5.19. The third-order valence-electron chi connectivity index (χ3n) is 4.29. The first kappa shape index (κ1) is 15.0. The van der Waals surface area contributed by atoms with Crippen LogP contribution in [0.15, 0.2) is 23.3 Å². The Labute approximate surface area is 111 Å². The fraction of sp³-hybridized carbons (Fsp3) is 0.688. The first-order chi connectivity index (χ1) is 8.27. The monoisotopic (exact) mass is 250 g/mol.